The van der Waals surface area contributed by atoms with E-state index in [9.17, 15) is 27.2 Å². The van der Waals surface area contributed by atoms with Gasteiger partial charge in [0.25, 0.3) is 5.56 Å². The lowest BCUT2D eigenvalue weighted by molar-refractivity contribution is -0.138. The minimum absolute atomic E-state index is 0.0194. The summed E-state index contributed by atoms with van der Waals surface area (Å²) in [5.74, 6) is -0.989. The normalized spacial score (nSPS) is 12.8. The van der Waals surface area contributed by atoms with Crippen molar-refractivity contribution in [2.45, 2.75) is 46.1 Å². The Hall–Kier alpha value is -3.11. The summed E-state index contributed by atoms with van der Waals surface area (Å²) in [4.78, 5) is 27.0. The van der Waals surface area contributed by atoms with Crippen LogP contribution in [-0.4, -0.2) is 22.3 Å². The van der Waals surface area contributed by atoms with Crippen molar-refractivity contribution in [2.24, 2.45) is 11.7 Å². The number of rotatable bonds is 7. The van der Waals surface area contributed by atoms with Crippen molar-refractivity contribution in [1.29, 1.82) is 0 Å². The minimum Gasteiger partial charge on any atom is -0.495 e. The standard InChI is InChI=1S/C25H26ClF4N3O3/c1-13(2)19(31)12-33-23(34)21(15-7-5-10-20(36-4)22(15)26)14(3)32(24(33)35)11-16-17(25(28,29)30)8-6-9-18(16)27/h5-10,13,19H,11-12,31H2,1-4H3/t19-/m0/s1. The molecular weight excluding hydrogens is 502 g/mol. The van der Waals surface area contributed by atoms with Gasteiger partial charge in [-0.1, -0.05) is 43.6 Å². The molecule has 6 nitrogen and oxygen atoms in total. The first kappa shape index (κ1) is 27.5. The molecule has 3 aromatic rings. The van der Waals surface area contributed by atoms with Crippen LogP contribution in [0.1, 0.15) is 30.7 Å². The van der Waals surface area contributed by atoms with Crippen LogP contribution in [0.25, 0.3) is 11.1 Å². The number of aromatic nitrogens is 2. The van der Waals surface area contributed by atoms with E-state index in [0.717, 1.165) is 27.3 Å². The summed E-state index contributed by atoms with van der Waals surface area (Å²) < 4.78 is 62.7. The smallest absolute Gasteiger partial charge is 0.416 e. The summed E-state index contributed by atoms with van der Waals surface area (Å²) in [5.41, 5.74) is 2.77. The molecule has 0 saturated heterocycles. The molecule has 0 amide bonds. The third kappa shape index (κ3) is 5.19. The average Bonchev–Trinajstić information content (AvgIpc) is 2.80. The zero-order valence-corrected chi connectivity index (χ0v) is 20.9. The summed E-state index contributed by atoms with van der Waals surface area (Å²) in [7, 11) is 1.38. The molecule has 1 atom stereocenters. The van der Waals surface area contributed by atoms with Crippen molar-refractivity contribution in [3.05, 3.63) is 84.9 Å². The number of nitrogens with zero attached hydrogens (tertiary/aromatic N) is 2. The van der Waals surface area contributed by atoms with Crippen LogP contribution in [0.5, 0.6) is 5.75 Å². The van der Waals surface area contributed by atoms with Gasteiger partial charge in [0.2, 0.25) is 0 Å². The van der Waals surface area contributed by atoms with Crippen molar-refractivity contribution in [2.75, 3.05) is 7.11 Å². The molecule has 2 aromatic carbocycles. The van der Waals surface area contributed by atoms with E-state index in [0.29, 0.717) is 0 Å². The molecule has 0 fully saturated rings. The third-order valence-electron chi connectivity index (χ3n) is 6.13. The van der Waals surface area contributed by atoms with Crippen molar-refractivity contribution in [1.82, 2.24) is 9.13 Å². The molecule has 0 aliphatic heterocycles. The number of hydrogen-bond acceptors (Lipinski definition) is 4. The molecule has 2 N–H and O–H groups in total. The highest BCUT2D eigenvalue weighted by molar-refractivity contribution is 6.34. The van der Waals surface area contributed by atoms with Gasteiger partial charge in [0.1, 0.15) is 11.6 Å². The van der Waals surface area contributed by atoms with E-state index >= 15 is 0 Å². The van der Waals surface area contributed by atoms with E-state index < -0.39 is 47.0 Å². The largest absolute Gasteiger partial charge is 0.495 e. The Labute approximate surface area is 209 Å². The Bertz CT molecular complexity index is 1400. The van der Waals surface area contributed by atoms with Gasteiger partial charge in [0.05, 0.1) is 29.8 Å². The fourth-order valence-electron chi connectivity index (χ4n) is 3.88. The topological polar surface area (TPSA) is 79.2 Å². The lowest BCUT2D eigenvalue weighted by Gasteiger charge is -2.22. The fraction of sp³-hybridized carbons (Fsp3) is 0.360. The van der Waals surface area contributed by atoms with Gasteiger partial charge in [0.15, 0.2) is 0 Å². The zero-order valence-electron chi connectivity index (χ0n) is 20.1. The molecule has 0 spiro atoms. The first-order chi connectivity index (χ1) is 16.8. The number of ether oxygens (including phenoxy) is 1. The summed E-state index contributed by atoms with van der Waals surface area (Å²) in [6.07, 6.45) is -4.86. The van der Waals surface area contributed by atoms with Gasteiger partial charge < -0.3 is 10.5 Å². The van der Waals surface area contributed by atoms with Gasteiger partial charge in [-0.2, -0.15) is 13.2 Å². The second-order valence-electron chi connectivity index (χ2n) is 8.74. The van der Waals surface area contributed by atoms with E-state index in [4.69, 9.17) is 22.1 Å². The summed E-state index contributed by atoms with van der Waals surface area (Å²) in [6, 6.07) is 6.64. The first-order valence-corrected chi connectivity index (χ1v) is 11.4. The predicted molar refractivity (Wildman–Crippen MR) is 130 cm³/mol. The molecular formula is C25H26ClF4N3O3. The number of nitrogens with two attached hydrogens (primary N) is 1. The van der Waals surface area contributed by atoms with Gasteiger partial charge in [-0.15, -0.1) is 0 Å². The van der Waals surface area contributed by atoms with Crippen LogP contribution in [0.3, 0.4) is 0 Å². The van der Waals surface area contributed by atoms with Crippen LogP contribution < -0.4 is 21.7 Å². The molecule has 0 bridgehead atoms. The third-order valence-corrected chi connectivity index (χ3v) is 6.52. The molecule has 11 heteroatoms. The summed E-state index contributed by atoms with van der Waals surface area (Å²) in [6.45, 7) is 4.04. The van der Waals surface area contributed by atoms with Gasteiger partial charge in [0, 0.05) is 29.4 Å². The highest BCUT2D eigenvalue weighted by atomic mass is 35.5. The molecule has 0 aliphatic rings. The average molecular weight is 528 g/mol. The maximum Gasteiger partial charge on any atom is 0.416 e. The molecule has 0 radical (unpaired) electrons. The maximum atomic E-state index is 14.7. The van der Waals surface area contributed by atoms with Crippen molar-refractivity contribution in [3.8, 4) is 16.9 Å². The number of halogens is 5. The van der Waals surface area contributed by atoms with E-state index in [-0.39, 0.29) is 40.1 Å². The van der Waals surface area contributed by atoms with E-state index in [2.05, 4.69) is 0 Å². The van der Waals surface area contributed by atoms with E-state index in [1.807, 2.05) is 0 Å². The molecule has 1 heterocycles. The fourth-order valence-corrected chi connectivity index (χ4v) is 4.18. The predicted octanol–water partition coefficient (Wildman–Crippen LogP) is 4.84. The number of methoxy groups -OCH3 is 1. The van der Waals surface area contributed by atoms with Crippen molar-refractivity contribution < 1.29 is 22.3 Å². The quantitative estimate of drug-likeness (QED) is 0.446. The molecule has 3 rings (SSSR count). The first-order valence-electron chi connectivity index (χ1n) is 11.1. The number of hydrogen-bond donors (Lipinski definition) is 1. The van der Waals surface area contributed by atoms with Crippen molar-refractivity contribution >= 4 is 11.6 Å². The maximum absolute atomic E-state index is 14.7. The van der Waals surface area contributed by atoms with Crippen LogP contribution >= 0.6 is 11.6 Å². The monoisotopic (exact) mass is 527 g/mol. The Kier molecular flexibility index (Phi) is 8.00. The Morgan fingerprint density at radius 1 is 1.08 bits per heavy atom. The SMILES string of the molecule is COc1cccc(-c2c(C)n(Cc3c(F)cccc3C(F)(F)F)c(=O)n(C[C@H](N)C(C)C)c2=O)c1Cl. The highest BCUT2D eigenvalue weighted by Gasteiger charge is 2.35. The highest BCUT2D eigenvalue weighted by Crippen LogP contribution is 2.36. The van der Waals surface area contributed by atoms with Crippen molar-refractivity contribution in [3.63, 3.8) is 0 Å². The molecule has 0 aliphatic carbocycles. The second kappa shape index (κ2) is 10.5. The van der Waals surface area contributed by atoms with E-state index in [1.54, 1.807) is 26.0 Å². The zero-order chi connectivity index (χ0) is 26.9. The molecule has 0 unspecified atom stereocenters. The second-order valence-corrected chi connectivity index (χ2v) is 9.12. The van der Waals surface area contributed by atoms with Crippen LogP contribution in [0.15, 0.2) is 46.0 Å². The van der Waals surface area contributed by atoms with Crippen LogP contribution in [-0.2, 0) is 19.3 Å². The van der Waals surface area contributed by atoms with Gasteiger partial charge >= 0.3 is 11.9 Å². The molecule has 194 valence electrons. The van der Waals surface area contributed by atoms with Gasteiger partial charge in [-0.3, -0.25) is 13.9 Å². The molecule has 0 saturated carbocycles. The lowest BCUT2D eigenvalue weighted by Crippen LogP contribution is -2.47. The van der Waals surface area contributed by atoms with Crippen LogP contribution in [0.4, 0.5) is 17.6 Å². The molecule has 36 heavy (non-hydrogen) atoms. The van der Waals surface area contributed by atoms with Crippen LogP contribution in [0, 0.1) is 18.7 Å². The number of alkyl halides is 3. The summed E-state index contributed by atoms with van der Waals surface area (Å²) in [5, 5.41) is 0.0759. The van der Waals surface area contributed by atoms with Crippen LogP contribution in [0.2, 0.25) is 5.02 Å². The Balaban J connectivity index is 2.38. The van der Waals surface area contributed by atoms with Gasteiger partial charge in [-0.05, 0) is 31.0 Å². The number of benzene rings is 2. The van der Waals surface area contributed by atoms with Gasteiger partial charge in [-0.25, -0.2) is 9.18 Å². The summed E-state index contributed by atoms with van der Waals surface area (Å²) >= 11 is 6.46. The minimum atomic E-state index is -4.86. The van der Waals surface area contributed by atoms with E-state index in [1.165, 1.54) is 20.1 Å². The Morgan fingerprint density at radius 2 is 1.72 bits per heavy atom. The Morgan fingerprint density at radius 3 is 2.31 bits per heavy atom. The lowest BCUT2D eigenvalue weighted by atomic mass is 10.0. The molecule has 1 aromatic heterocycles.